The molecule has 1 atom stereocenters. The molecule has 33 heavy (non-hydrogen) atoms. The van der Waals surface area contributed by atoms with Crippen molar-refractivity contribution in [1.82, 2.24) is 4.72 Å². The highest BCUT2D eigenvalue weighted by Gasteiger charge is 2.44. The molecule has 0 aliphatic heterocycles. The third kappa shape index (κ3) is 5.21. The maximum absolute atomic E-state index is 13.3. The number of aliphatic hydroxyl groups is 1. The summed E-state index contributed by atoms with van der Waals surface area (Å²) in [5, 5.41) is 12.3. The van der Waals surface area contributed by atoms with Crippen molar-refractivity contribution in [2.45, 2.75) is 37.3 Å². The summed E-state index contributed by atoms with van der Waals surface area (Å²) >= 11 is 0. The van der Waals surface area contributed by atoms with Crippen molar-refractivity contribution < 1.29 is 23.0 Å². The molecule has 0 spiro atoms. The van der Waals surface area contributed by atoms with Gasteiger partial charge in [0.2, 0.25) is 10.0 Å². The van der Waals surface area contributed by atoms with Gasteiger partial charge in [0.15, 0.2) is 0 Å². The van der Waals surface area contributed by atoms with E-state index in [1.165, 1.54) is 0 Å². The molecule has 3 aromatic rings. The molecule has 0 aromatic heterocycles. The molecule has 0 aliphatic carbocycles. The van der Waals surface area contributed by atoms with Crippen LogP contribution in [0.4, 0.5) is 0 Å². The van der Waals surface area contributed by atoms with Crippen molar-refractivity contribution in [3.8, 4) is 11.5 Å². The molecule has 6 nitrogen and oxygen atoms in total. The Labute approximate surface area is 196 Å². The number of benzene rings is 3. The fourth-order valence-corrected chi connectivity index (χ4v) is 5.28. The van der Waals surface area contributed by atoms with E-state index in [1.807, 2.05) is 20.8 Å². The fourth-order valence-electron chi connectivity index (χ4n) is 3.87. The van der Waals surface area contributed by atoms with Crippen LogP contribution in [-0.2, 0) is 15.6 Å². The summed E-state index contributed by atoms with van der Waals surface area (Å²) in [6, 6.07) is 19.7. The van der Waals surface area contributed by atoms with Crippen molar-refractivity contribution in [1.29, 1.82) is 0 Å². The van der Waals surface area contributed by atoms with Gasteiger partial charge in [-0.25, -0.2) is 13.1 Å². The van der Waals surface area contributed by atoms with E-state index in [1.54, 1.807) is 87.0 Å². The van der Waals surface area contributed by atoms with E-state index in [2.05, 4.69) is 4.72 Å². The lowest BCUT2D eigenvalue weighted by Gasteiger charge is -2.40. The van der Waals surface area contributed by atoms with E-state index < -0.39 is 21.7 Å². The topological polar surface area (TPSA) is 84.9 Å². The van der Waals surface area contributed by atoms with Crippen LogP contribution in [0, 0.1) is 12.8 Å². The van der Waals surface area contributed by atoms with Crippen LogP contribution in [0.3, 0.4) is 0 Å². The average molecular weight is 470 g/mol. The van der Waals surface area contributed by atoms with Gasteiger partial charge in [0.05, 0.1) is 25.2 Å². The first-order valence-electron chi connectivity index (χ1n) is 10.7. The van der Waals surface area contributed by atoms with Gasteiger partial charge in [-0.15, -0.1) is 0 Å². The summed E-state index contributed by atoms with van der Waals surface area (Å²) in [5.74, 6) is 1.02. The monoisotopic (exact) mass is 469 g/mol. The molecule has 0 saturated heterocycles. The van der Waals surface area contributed by atoms with Crippen LogP contribution in [0.2, 0.25) is 0 Å². The number of hydrogen-bond acceptors (Lipinski definition) is 5. The molecule has 3 rings (SSSR count). The largest absolute Gasteiger partial charge is 0.497 e. The molecule has 0 aliphatic rings. The summed E-state index contributed by atoms with van der Waals surface area (Å²) in [6.07, 6.45) is 0. The zero-order chi connectivity index (χ0) is 24.2. The van der Waals surface area contributed by atoms with Gasteiger partial charge in [-0.2, -0.15) is 0 Å². The molecule has 0 heterocycles. The summed E-state index contributed by atoms with van der Waals surface area (Å²) in [4.78, 5) is 0.144. The number of hydrogen-bond donors (Lipinski definition) is 2. The zero-order valence-corrected chi connectivity index (χ0v) is 20.4. The Morgan fingerprint density at radius 3 is 1.58 bits per heavy atom. The molecule has 2 N–H and O–H groups in total. The van der Waals surface area contributed by atoms with Crippen LogP contribution < -0.4 is 14.2 Å². The number of rotatable bonds is 9. The van der Waals surface area contributed by atoms with Crippen LogP contribution in [0.25, 0.3) is 0 Å². The van der Waals surface area contributed by atoms with Crippen molar-refractivity contribution in [2.24, 2.45) is 5.92 Å². The molecule has 176 valence electrons. The third-order valence-electron chi connectivity index (χ3n) is 5.79. The second-order valence-electron chi connectivity index (χ2n) is 8.38. The minimum absolute atomic E-state index is 0.144. The van der Waals surface area contributed by atoms with Crippen molar-refractivity contribution in [3.05, 3.63) is 89.5 Å². The first-order valence-corrected chi connectivity index (χ1v) is 12.2. The highest BCUT2D eigenvalue weighted by Crippen LogP contribution is 2.38. The molecule has 7 heteroatoms. The predicted octanol–water partition coefficient (Wildman–Crippen LogP) is 4.25. The summed E-state index contributed by atoms with van der Waals surface area (Å²) in [6.45, 7) is 5.65. The van der Waals surface area contributed by atoms with Crippen molar-refractivity contribution in [3.63, 3.8) is 0 Å². The zero-order valence-electron chi connectivity index (χ0n) is 19.6. The molecule has 0 fully saturated rings. The first-order chi connectivity index (χ1) is 15.6. The molecule has 0 bridgehead atoms. The minimum atomic E-state index is -3.91. The lowest BCUT2D eigenvalue weighted by Crippen LogP contribution is -2.54. The van der Waals surface area contributed by atoms with Crippen molar-refractivity contribution >= 4 is 10.0 Å². The third-order valence-corrected chi connectivity index (χ3v) is 7.25. The number of aryl methyl sites for hydroxylation is 1. The highest BCUT2D eigenvalue weighted by atomic mass is 32.2. The second kappa shape index (κ2) is 9.95. The van der Waals surface area contributed by atoms with E-state index in [0.29, 0.717) is 22.6 Å². The van der Waals surface area contributed by atoms with Crippen LogP contribution in [-0.4, -0.2) is 33.8 Å². The molecule has 3 aromatic carbocycles. The number of sulfonamides is 1. The smallest absolute Gasteiger partial charge is 0.240 e. The first kappa shape index (κ1) is 24.8. The quantitative estimate of drug-likeness (QED) is 0.489. The number of nitrogens with one attached hydrogen (secondary N) is 1. The molecule has 0 radical (unpaired) electrons. The van der Waals surface area contributed by atoms with E-state index in [-0.39, 0.29) is 10.8 Å². The second-order valence-corrected chi connectivity index (χ2v) is 10.1. The molecule has 0 saturated carbocycles. The van der Waals surface area contributed by atoms with Gasteiger partial charge in [-0.3, -0.25) is 0 Å². The van der Waals surface area contributed by atoms with E-state index in [9.17, 15) is 13.5 Å². The molecule has 0 unspecified atom stereocenters. The van der Waals surface area contributed by atoms with Gasteiger partial charge in [-0.1, -0.05) is 55.8 Å². The van der Waals surface area contributed by atoms with Gasteiger partial charge in [0, 0.05) is 0 Å². The van der Waals surface area contributed by atoms with E-state index in [0.717, 1.165) is 5.56 Å². The van der Waals surface area contributed by atoms with Gasteiger partial charge < -0.3 is 14.6 Å². The van der Waals surface area contributed by atoms with E-state index >= 15 is 0 Å². The summed E-state index contributed by atoms with van der Waals surface area (Å²) < 4.78 is 39.9. The fraction of sp³-hybridized carbons (Fsp3) is 0.308. The van der Waals surface area contributed by atoms with Crippen LogP contribution in [0.15, 0.2) is 77.7 Å². The SMILES string of the molecule is COc1ccc(C(O)(c2ccc(OC)cc2)[C@@H](NS(=O)(=O)c2ccc(C)cc2)C(C)C)cc1. The maximum Gasteiger partial charge on any atom is 0.240 e. The Hall–Kier alpha value is -2.87. The standard InChI is InChI=1S/C26H31NO5S/c1-18(2)25(27-33(29,30)24-16-6-19(3)7-17-24)26(28,20-8-12-22(31-4)13-9-20)21-10-14-23(32-5)15-11-21/h6-18,25,27-28H,1-5H3/t25-/m0/s1. The summed E-state index contributed by atoms with van der Waals surface area (Å²) in [5.41, 5.74) is 0.379. The normalized spacial score (nSPS) is 13.1. The van der Waals surface area contributed by atoms with Gasteiger partial charge >= 0.3 is 0 Å². The number of methoxy groups -OCH3 is 2. The Bertz CT molecular complexity index is 1110. The predicted molar refractivity (Wildman–Crippen MR) is 129 cm³/mol. The lowest BCUT2D eigenvalue weighted by molar-refractivity contribution is 0.0284. The number of ether oxygens (including phenoxy) is 2. The molecular formula is C26H31NO5S. The Morgan fingerprint density at radius 1 is 0.788 bits per heavy atom. The maximum atomic E-state index is 13.3. The van der Waals surface area contributed by atoms with Gasteiger partial charge in [0.25, 0.3) is 0 Å². The molecular weight excluding hydrogens is 438 g/mol. The van der Waals surface area contributed by atoms with Crippen LogP contribution in [0.5, 0.6) is 11.5 Å². The Kier molecular flexibility index (Phi) is 7.47. The highest BCUT2D eigenvalue weighted by molar-refractivity contribution is 7.89. The Morgan fingerprint density at radius 2 is 1.21 bits per heavy atom. The average Bonchev–Trinajstić information content (AvgIpc) is 2.82. The lowest BCUT2D eigenvalue weighted by atomic mass is 9.76. The molecule has 0 amide bonds. The van der Waals surface area contributed by atoms with Crippen LogP contribution in [0.1, 0.15) is 30.5 Å². The minimum Gasteiger partial charge on any atom is -0.497 e. The van der Waals surface area contributed by atoms with Gasteiger partial charge in [0.1, 0.15) is 17.1 Å². The summed E-state index contributed by atoms with van der Waals surface area (Å²) in [7, 11) is -0.772. The Balaban J connectivity index is 2.14. The van der Waals surface area contributed by atoms with E-state index in [4.69, 9.17) is 9.47 Å². The van der Waals surface area contributed by atoms with Crippen molar-refractivity contribution in [2.75, 3.05) is 14.2 Å². The van der Waals surface area contributed by atoms with Gasteiger partial charge in [-0.05, 0) is 60.4 Å². The van der Waals surface area contributed by atoms with Crippen LogP contribution >= 0.6 is 0 Å².